The summed E-state index contributed by atoms with van der Waals surface area (Å²) in [5, 5.41) is 10.2. The Morgan fingerprint density at radius 2 is 2.03 bits per heavy atom. The molecule has 166 valence electrons. The van der Waals surface area contributed by atoms with Crippen molar-refractivity contribution < 1.29 is 4.39 Å². The number of thiophene rings is 1. The van der Waals surface area contributed by atoms with Crippen molar-refractivity contribution in [2.45, 2.75) is 43.1 Å². The third-order valence-corrected chi connectivity index (χ3v) is 7.98. The minimum Gasteiger partial charge on any atom is -0.309 e. The van der Waals surface area contributed by atoms with Crippen molar-refractivity contribution in [2.75, 3.05) is 14.1 Å². The lowest BCUT2D eigenvalue weighted by Crippen LogP contribution is -2.20. The van der Waals surface area contributed by atoms with E-state index in [1.807, 2.05) is 30.5 Å². The summed E-state index contributed by atoms with van der Waals surface area (Å²) < 4.78 is 15.5. The SMILES string of the molecule is C[C@H](c1nnc(SCc2nc3sc4c(c3c(=O)[nH]2)CCC4)n1-c1ccc(F)cc1)N(C)C. The quantitative estimate of drug-likeness (QED) is 0.427. The van der Waals surface area contributed by atoms with Crippen molar-refractivity contribution in [3.63, 3.8) is 0 Å². The van der Waals surface area contributed by atoms with E-state index in [9.17, 15) is 9.18 Å². The van der Waals surface area contributed by atoms with E-state index in [1.54, 1.807) is 23.5 Å². The lowest BCUT2D eigenvalue weighted by atomic mass is 10.2. The molecule has 10 heteroatoms. The van der Waals surface area contributed by atoms with Crippen molar-refractivity contribution >= 4 is 33.3 Å². The van der Waals surface area contributed by atoms with Crippen LogP contribution in [0.1, 0.15) is 41.5 Å². The van der Waals surface area contributed by atoms with Gasteiger partial charge in [-0.1, -0.05) is 11.8 Å². The second kappa shape index (κ2) is 8.42. The Morgan fingerprint density at radius 3 is 2.78 bits per heavy atom. The van der Waals surface area contributed by atoms with Crippen LogP contribution in [0.4, 0.5) is 4.39 Å². The summed E-state index contributed by atoms with van der Waals surface area (Å²) in [6.07, 6.45) is 3.11. The number of nitrogens with one attached hydrogen (secondary N) is 1. The highest BCUT2D eigenvalue weighted by molar-refractivity contribution is 7.98. The van der Waals surface area contributed by atoms with E-state index in [2.05, 4.69) is 15.2 Å². The molecule has 0 unspecified atom stereocenters. The number of hydrogen-bond acceptors (Lipinski definition) is 7. The van der Waals surface area contributed by atoms with Gasteiger partial charge in [0, 0.05) is 10.6 Å². The smallest absolute Gasteiger partial charge is 0.259 e. The van der Waals surface area contributed by atoms with E-state index in [0.717, 1.165) is 41.0 Å². The number of rotatable bonds is 6. The van der Waals surface area contributed by atoms with Gasteiger partial charge in [-0.15, -0.1) is 21.5 Å². The van der Waals surface area contributed by atoms with Crippen molar-refractivity contribution in [3.05, 3.63) is 62.5 Å². The fourth-order valence-corrected chi connectivity index (χ4v) is 6.07. The van der Waals surface area contributed by atoms with E-state index in [1.165, 1.54) is 34.3 Å². The monoisotopic (exact) mass is 470 g/mol. The van der Waals surface area contributed by atoms with Crippen LogP contribution in [0.25, 0.3) is 15.9 Å². The van der Waals surface area contributed by atoms with E-state index in [-0.39, 0.29) is 17.4 Å². The summed E-state index contributed by atoms with van der Waals surface area (Å²) in [6, 6.07) is 6.29. The first-order valence-corrected chi connectivity index (χ1v) is 12.3. The molecule has 4 aromatic rings. The number of halogens is 1. The molecule has 32 heavy (non-hydrogen) atoms. The van der Waals surface area contributed by atoms with Crippen LogP contribution < -0.4 is 5.56 Å². The Labute approximate surface area is 192 Å². The van der Waals surface area contributed by atoms with E-state index >= 15 is 0 Å². The van der Waals surface area contributed by atoms with Crippen LogP contribution in [-0.2, 0) is 18.6 Å². The lowest BCUT2D eigenvalue weighted by molar-refractivity contribution is 0.305. The summed E-state index contributed by atoms with van der Waals surface area (Å²) >= 11 is 3.08. The largest absolute Gasteiger partial charge is 0.309 e. The number of aromatic nitrogens is 5. The molecule has 0 amide bonds. The molecule has 1 aromatic carbocycles. The van der Waals surface area contributed by atoms with Crippen LogP contribution >= 0.6 is 23.1 Å². The normalized spacial score (nSPS) is 14.4. The van der Waals surface area contributed by atoms with Crippen LogP contribution in [-0.4, -0.2) is 43.7 Å². The highest BCUT2D eigenvalue weighted by Gasteiger charge is 2.23. The zero-order valence-corrected chi connectivity index (χ0v) is 19.7. The number of nitrogens with zero attached hydrogens (tertiary/aromatic N) is 5. The Hall–Kier alpha value is -2.56. The summed E-state index contributed by atoms with van der Waals surface area (Å²) in [6.45, 7) is 2.04. The molecular weight excluding hydrogens is 447 g/mol. The Balaban J connectivity index is 1.48. The number of aromatic amines is 1. The van der Waals surface area contributed by atoms with Gasteiger partial charge < -0.3 is 4.98 Å². The van der Waals surface area contributed by atoms with Crippen molar-refractivity contribution in [3.8, 4) is 5.69 Å². The topological polar surface area (TPSA) is 79.7 Å². The Bertz CT molecular complexity index is 1340. The zero-order valence-electron chi connectivity index (χ0n) is 18.1. The molecule has 0 radical (unpaired) electrons. The van der Waals surface area contributed by atoms with Gasteiger partial charge in [0.25, 0.3) is 5.56 Å². The standard InChI is InChI=1S/C22H23FN6OS2/c1-12(28(2)3)19-26-27-22(29(19)14-9-7-13(23)8-10-14)31-11-17-24-20(30)18-15-5-4-6-16(15)32-21(18)25-17/h7-10,12H,4-6,11H2,1-3H3,(H,24,25,30)/t12-/m1/s1. The van der Waals surface area contributed by atoms with Crippen LogP contribution in [0.3, 0.4) is 0 Å². The van der Waals surface area contributed by atoms with Gasteiger partial charge in [0.15, 0.2) is 11.0 Å². The average Bonchev–Trinajstić information content (AvgIpc) is 3.46. The maximum absolute atomic E-state index is 13.5. The summed E-state index contributed by atoms with van der Waals surface area (Å²) in [5.74, 6) is 1.53. The predicted octanol–water partition coefficient (Wildman–Crippen LogP) is 4.11. The fraction of sp³-hybridized carbons (Fsp3) is 0.364. The third-order valence-electron chi connectivity index (χ3n) is 5.85. The average molecular weight is 471 g/mol. The molecule has 1 aliphatic carbocycles. The first-order chi connectivity index (χ1) is 15.4. The van der Waals surface area contributed by atoms with E-state index in [4.69, 9.17) is 4.98 Å². The van der Waals surface area contributed by atoms with Crippen LogP contribution in [0.15, 0.2) is 34.2 Å². The number of hydrogen-bond donors (Lipinski definition) is 1. The molecule has 5 rings (SSSR count). The van der Waals surface area contributed by atoms with Gasteiger partial charge in [0.1, 0.15) is 16.5 Å². The molecule has 3 aromatic heterocycles. The molecule has 1 aliphatic rings. The molecule has 1 atom stereocenters. The lowest BCUT2D eigenvalue weighted by Gasteiger charge is -2.20. The molecule has 7 nitrogen and oxygen atoms in total. The molecule has 0 aliphatic heterocycles. The second-order valence-electron chi connectivity index (χ2n) is 8.13. The van der Waals surface area contributed by atoms with Gasteiger partial charge in [-0.2, -0.15) is 0 Å². The number of H-pyrrole nitrogens is 1. The summed E-state index contributed by atoms with van der Waals surface area (Å²) in [5.41, 5.74) is 1.90. The number of thioether (sulfide) groups is 1. The highest BCUT2D eigenvalue weighted by atomic mass is 32.2. The number of benzene rings is 1. The zero-order chi connectivity index (χ0) is 22.4. The molecule has 0 spiro atoms. The van der Waals surface area contributed by atoms with Gasteiger partial charge in [0.05, 0.1) is 17.2 Å². The summed E-state index contributed by atoms with van der Waals surface area (Å²) in [4.78, 5) is 24.6. The first-order valence-electron chi connectivity index (χ1n) is 10.5. The number of fused-ring (bicyclic) bond motifs is 3. The van der Waals surface area contributed by atoms with Crippen molar-refractivity contribution in [2.24, 2.45) is 0 Å². The van der Waals surface area contributed by atoms with Gasteiger partial charge >= 0.3 is 0 Å². The summed E-state index contributed by atoms with van der Waals surface area (Å²) in [7, 11) is 3.95. The highest BCUT2D eigenvalue weighted by Crippen LogP contribution is 2.35. The van der Waals surface area contributed by atoms with E-state index < -0.39 is 0 Å². The van der Waals surface area contributed by atoms with Gasteiger partial charge in [-0.25, -0.2) is 9.37 Å². The molecule has 0 fully saturated rings. The van der Waals surface area contributed by atoms with Gasteiger partial charge in [-0.3, -0.25) is 14.3 Å². The fourth-order valence-electron chi connectivity index (χ4n) is 3.96. The molecular formula is C22H23FN6OS2. The van der Waals surface area contributed by atoms with Crippen LogP contribution in [0.2, 0.25) is 0 Å². The Kier molecular flexibility index (Phi) is 5.60. The minimum atomic E-state index is -0.295. The molecule has 3 heterocycles. The molecule has 1 N–H and O–H groups in total. The van der Waals surface area contributed by atoms with Gasteiger partial charge in [0.2, 0.25) is 0 Å². The second-order valence-corrected chi connectivity index (χ2v) is 10.2. The van der Waals surface area contributed by atoms with Crippen molar-refractivity contribution in [1.29, 1.82) is 0 Å². The van der Waals surface area contributed by atoms with E-state index in [0.29, 0.717) is 16.7 Å². The van der Waals surface area contributed by atoms with Gasteiger partial charge in [-0.05, 0) is 70.1 Å². The molecule has 0 bridgehead atoms. The number of aryl methyl sites for hydroxylation is 2. The molecule has 0 saturated carbocycles. The maximum atomic E-state index is 13.5. The van der Waals surface area contributed by atoms with Crippen LogP contribution in [0.5, 0.6) is 0 Å². The predicted molar refractivity (Wildman–Crippen MR) is 125 cm³/mol. The van der Waals surface area contributed by atoms with Crippen LogP contribution in [0, 0.1) is 5.82 Å². The molecule has 0 saturated heterocycles. The third kappa shape index (κ3) is 3.76. The maximum Gasteiger partial charge on any atom is 0.259 e. The first kappa shape index (κ1) is 21.3. The Morgan fingerprint density at radius 1 is 1.25 bits per heavy atom. The minimum absolute atomic E-state index is 0.00434. The van der Waals surface area contributed by atoms with Crippen molar-refractivity contribution in [1.82, 2.24) is 29.6 Å².